The molecule has 0 aliphatic carbocycles. The Morgan fingerprint density at radius 3 is 2.36 bits per heavy atom. The zero-order valence-electron chi connectivity index (χ0n) is 15.2. The summed E-state index contributed by atoms with van der Waals surface area (Å²) in [7, 11) is 0. The molecule has 3 N–H and O–H groups in total. The third-order valence-electron chi connectivity index (χ3n) is 4.46. The van der Waals surface area contributed by atoms with Crippen LogP contribution in [0.3, 0.4) is 0 Å². The van der Waals surface area contributed by atoms with E-state index in [1.54, 1.807) is 0 Å². The molecule has 4 rings (SSSR count). The van der Waals surface area contributed by atoms with Gasteiger partial charge in [0, 0.05) is 23.0 Å². The molecule has 0 amide bonds. The van der Waals surface area contributed by atoms with Crippen molar-refractivity contribution in [3.8, 4) is 11.3 Å². The summed E-state index contributed by atoms with van der Waals surface area (Å²) < 4.78 is 0. The summed E-state index contributed by atoms with van der Waals surface area (Å²) in [6, 6.07) is 28.6. The van der Waals surface area contributed by atoms with Crippen molar-refractivity contribution in [2.45, 2.75) is 6.54 Å². The van der Waals surface area contributed by atoms with E-state index < -0.39 is 0 Å². The molecule has 0 unspecified atom stereocenters. The lowest BCUT2D eigenvalue weighted by Gasteiger charge is -2.07. The Bertz CT molecular complexity index is 1100. The maximum Gasteiger partial charge on any atom is 0.187 e. The highest BCUT2D eigenvalue weighted by molar-refractivity contribution is 7.80. The van der Waals surface area contributed by atoms with Gasteiger partial charge in [-0.1, -0.05) is 78.9 Å². The van der Waals surface area contributed by atoms with E-state index in [1.165, 1.54) is 5.56 Å². The number of fused-ring (bicyclic) bond motifs is 1. The van der Waals surface area contributed by atoms with Gasteiger partial charge in [-0.05, 0) is 29.4 Å². The topological polar surface area (TPSA) is 52.2 Å². The lowest BCUT2D eigenvalue weighted by atomic mass is 10.1. The number of aromatic amines is 1. The molecular weight excluding hydrogens is 364 g/mol. The number of rotatable bonds is 5. The monoisotopic (exact) mass is 384 g/mol. The van der Waals surface area contributed by atoms with Crippen LogP contribution in [0.5, 0.6) is 0 Å². The van der Waals surface area contributed by atoms with Gasteiger partial charge in [-0.15, -0.1) is 0 Å². The van der Waals surface area contributed by atoms with Crippen LogP contribution in [0.15, 0.2) is 90.0 Å². The summed E-state index contributed by atoms with van der Waals surface area (Å²) in [6.45, 7) is 0.657. The van der Waals surface area contributed by atoms with Crippen molar-refractivity contribution < 1.29 is 0 Å². The van der Waals surface area contributed by atoms with Crippen molar-refractivity contribution in [2.24, 2.45) is 5.10 Å². The van der Waals surface area contributed by atoms with Crippen LogP contribution in [0.4, 0.5) is 0 Å². The summed E-state index contributed by atoms with van der Waals surface area (Å²) in [5, 5.41) is 9.13. The molecule has 0 saturated heterocycles. The van der Waals surface area contributed by atoms with Gasteiger partial charge in [-0.3, -0.25) is 5.43 Å². The molecule has 28 heavy (non-hydrogen) atoms. The Labute approximate surface area is 169 Å². The number of H-pyrrole nitrogens is 1. The van der Waals surface area contributed by atoms with E-state index in [1.807, 2.05) is 54.7 Å². The standard InChI is InChI=1S/C23H20N4S/c28-23(24-15-17-9-3-1-4-10-17)27-25-16-20-19-13-7-8-14-21(19)26-22(20)18-11-5-2-6-12-18/h1-14,16,26H,15H2,(H2,24,27,28)/b25-16+. The molecule has 0 atom stereocenters. The van der Waals surface area contributed by atoms with Crippen LogP contribution in [0, 0.1) is 0 Å². The Morgan fingerprint density at radius 1 is 0.893 bits per heavy atom. The van der Waals surface area contributed by atoms with Crippen molar-refractivity contribution in [1.29, 1.82) is 0 Å². The molecule has 0 bridgehead atoms. The summed E-state index contributed by atoms with van der Waals surface area (Å²) >= 11 is 5.33. The minimum atomic E-state index is 0.487. The molecule has 0 saturated carbocycles. The normalized spacial score (nSPS) is 11.0. The maximum absolute atomic E-state index is 5.33. The smallest absolute Gasteiger partial charge is 0.187 e. The van der Waals surface area contributed by atoms with Crippen molar-refractivity contribution in [3.63, 3.8) is 0 Å². The first kappa shape index (κ1) is 17.9. The second kappa shape index (κ2) is 8.50. The fourth-order valence-corrected chi connectivity index (χ4v) is 3.23. The van der Waals surface area contributed by atoms with Crippen LogP contribution < -0.4 is 10.7 Å². The fraction of sp³-hybridized carbons (Fsp3) is 0.0435. The van der Waals surface area contributed by atoms with E-state index in [2.05, 4.69) is 57.2 Å². The lowest BCUT2D eigenvalue weighted by Crippen LogP contribution is -2.31. The minimum Gasteiger partial charge on any atom is -0.357 e. The molecule has 1 aromatic heterocycles. The average Bonchev–Trinajstić information content (AvgIpc) is 3.12. The van der Waals surface area contributed by atoms with Gasteiger partial charge < -0.3 is 10.3 Å². The average molecular weight is 385 g/mol. The minimum absolute atomic E-state index is 0.487. The van der Waals surface area contributed by atoms with E-state index in [4.69, 9.17) is 12.2 Å². The summed E-state index contributed by atoms with van der Waals surface area (Å²) in [5.74, 6) is 0. The third kappa shape index (κ3) is 4.10. The molecule has 3 aromatic carbocycles. The Hall–Kier alpha value is -3.44. The Kier molecular flexibility index (Phi) is 5.45. The van der Waals surface area contributed by atoms with Gasteiger partial charge in [0.2, 0.25) is 0 Å². The first-order valence-electron chi connectivity index (χ1n) is 9.08. The number of benzene rings is 3. The van der Waals surface area contributed by atoms with Crippen LogP contribution in [0.2, 0.25) is 0 Å². The maximum atomic E-state index is 5.33. The highest BCUT2D eigenvalue weighted by Crippen LogP contribution is 2.28. The number of aromatic nitrogens is 1. The second-order valence-corrected chi connectivity index (χ2v) is 6.77. The number of hydrogen-bond donors (Lipinski definition) is 3. The number of hydrogen-bond acceptors (Lipinski definition) is 2. The molecule has 4 nitrogen and oxygen atoms in total. The SMILES string of the molecule is S=C(NCc1ccccc1)N/N=C/c1c(-c2ccccc2)[nH]c2ccccc12. The van der Waals surface area contributed by atoms with Crippen molar-refractivity contribution in [2.75, 3.05) is 0 Å². The Morgan fingerprint density at radius 2 is 1.57 bits per heavy atom. The van der Waals surface area contributed by atoms with E-state index in [0.717, 1.165) is 27.7 Å². The molecule has 138 valence electrons. The van der Waals surface area contributed by atoms with Crippen molar-refractivity contribution in [1.82, 2.24) is 15.7 Å². The van der Waals surface area contributed by atoms with Crippen LogP contribution in [-0.4, -0.2) is 16.3 Å². The lowest BCUT2D eigenvalue weighted by molar-refractivity contribution is 0.869. The molecular formula is C23H20N4S. The van der Waals surface area contributed by atoms with Crippen LogP contribution >= 0.6 is 12.2 Å². The number of hydrazone groups is 1. The van der Waals surface area contributed by atoms with E-state index in [-0.39, 0.29) is 0 Å². The van der Waals surface area contributed by atoms with Gasteiger partial charge in [0.25, 0.3) is 0 Å². The van der Waals surface area contributed by atoms with Gasteiger partial charge in [-0.2, -0.15) is 5.10 Å². The molecule has 4 aromatic rings. The van der Waals surface area contributed by atoms with Crippen LogP contribution in [0.25, 0.3) is 22.2 Å². The number of nitrogens with zero attached hydrogens (tertiary/aromatic N) is 1. The zero-order chi connectivity index (χ0) is 19.2. The molecule has 0 spiro atoms. The van der Waals surface area contributed by atoms with Gasteiger partial charge in [0.15, 0.2) is 5.11 Å². The predicted molar refractivity (Wildman–Crippen MR) is 120 cm³/mol. The molecule has 0 radical (unpaired) electrons. The van der Waals surface area contributed by atoms with Gasteiger partial charge >= 0.3 is 0 Å². The number of para-hydroxylation sites is 1. The van der Waals surface area contributed by atoms with Crippen molar-refractivity contribution >= 4 is 34.4 Å². The second-order valence-electron chi connectivity index (χ2n) is 6.36. The number of thiocarbonyl (C=S) groups is 1. The van der Waals surface area contributed by atoms with Gasteiger partial charge in [-0.25, -0.2) is 0 Å². The van der Waals surface area contributed by atoms with E-state index in [0.29, 0.717) is 11.7 Å². The van der Waals surface area contributed by atoms with E-state index >= 15 is 0 Å². The molecule has 0 aliphatic rings. The molecule has 0 aliphatic heterocycles. The molecule has 1 heterocycles. The quantitative estimate of drug-likeness (QED) is 0.262. The first-order valence-corrected chi connectivity index (χ1v) is 9.49. The zero-order valence-corrected chi connectivity index (χ0v) is 16.0. The van der Waals surface area contributed by atoms with E-state index in [9.17, 15) is 0 Å². The number of nitrogens with one attached hydrogen (secondary N) is 3. The fourth-order valence-electron chi connectivity index (χ4n) is 3.10. The Balaban J connectivity index is 1.51. The largest absolute Gasteiger partial charge is 0.357 e. The van der Waals surface area contributed by atoms with Crippen LogP contribution in [0.1, 0.15) is 11.1 Å². The van der Waals surface area contributed by atoms with Gasteiger partial charge in [0.1, 0.15) is 0 Å². The predicted octanol–water partition coefficient (Wildman–Crippen LogP) is 4.83. The molecule has 0 fully saturated rings. The molecule has 5 heteroatoms. The summed E-state index contributed by atoms with van der Waals surface area (Å²) in [5.41, 5.74) is 8.33. The van der Waals surface area contributed by atoms with Crippen molar-refractivity contribution in [3.05, 3.63) is 96.1 Å². The summed E-state index contributed by atoms with van der Waals surface area (Å²) in [6.07, 6.45) is 1.82. The van der Waals surface area contributed by atoms with Gasteiger partial charge in [0.05, 0.1) is 11.9 Å². The highest BCUT2D eigenvalue weighted by atomic mass is 32.1. The first-order chi connectivity index (χ1) is 13.8. The third-order valence-corrected chi connectivity index (χ3v) is 4.70. The summed E-state index contributed by atoms with van der Waals surface area (Å²) in [4.78, 5) is 3.50. The highest BCUT2D eigenvalue weighted by Gasteiger charge is 2.11. The van der Waals surface area contributed by atoms with Crippen LogP contribution in [-0.2, 0) is 6.54 Å².